The van der Waals surface area contributed by atoms with Gasteiger partial charge >= 0.3 is 0 Å². The molecule has 2 N–H and O–H groups in total. The third-order valence-electron chi connectivity index (χ3n) is 1.64. The molecule has 0 aliphatic carbocycles. The maximum Gasteiger partial charge on any atom is 0.179 e. The third kappa shape index (κ3) is 0.756. The van der Waals surface area contributed by atoms with Gasteiger partial charge in [0.1, 0.15) is 5.52 Å². The van der Waals surface area contributed by atoms with Gasteiger partial charge in [0.2, 0.25) is 0 Å². The second-order valence-electron chi connectivity index (χ2n) is 2.43. The smallest absolute Gasteiger partial charge is 0.179 e. The molecule has 56 valence electrons. The topological polar surface area (TPSA) is 56.7 Å². The molecular formula is C7H8N4. The van der Waals surface area contributed by atoms with Crippen LogP contribution in [0, 0.1) is 0 Å². The molecule has 2 heterocycles. The molecule has 0 saturated carbocycles. The molecule has 0 aromatic carbocycles. The second kappa shape index (κ2) is 1.95. The molecule has 11 heavy (non-hydrogen) atoms. The van der Waals surface area contributed by atoms with Crippen LogP contribution in [0.5, 0.6) is 0 Å². The fourth-order valence-corrected chi connectivity index (χ4v) is 1.11. The predicted molar refractivity (Wildman–Crippen MR) is 42.9 cm³/mol. The molecule has 0 aliphatic rings. The van der Waals surface area contributed by atoms with E-state index < -0.39 is 0 Å². The number of nitrogen functional groups attached to an aromatic ring is 1. The Kier molecular flexibility index (Phi) is 1.09. The van der Waals surface area contributed by atoms with Gasteiger partial charge < -0.3 is 10.3 Å². The molecule has 2 rings (SSSR count). The van der Waals surface area contributed by atoms with Gasteiger partial charge in [-0.25, -0.2) is 9.97 Å². The van der Waals surface area contributed by atoms with Gasteiger partial charge in [0, 0.05) is 13.2 Å². The molecule has 0 spiro atoms. The summed E-state index contributed by atoms with van der Waals surface area (Å²) >= 11 is 0. The van der Waals surface area contributed by atoms with Crippen LogP contribution >= 0.6 is 0 Å². The maximum absolute atomic E-state index is 5.70. The van der Waals surface area contributed by atoms with Crippen LogP contribution in [0.25, 0.3) is 11.2 Å². The maximum atomic E-state index is 5.70. The summed E-state index contributed by atoms with van der Waals surface area (Å²) in [5.74, 6) is 0. The summed E-state index contributed by atoms with van der Waals surface area (Å²) in [5, 5.41) is 0. The number of hydrogen-bond acceptors (Lipinski definition) is 3. The lowest BCUT2D eigenvalue weighted by Gasteiger charge is -1.96. The first-order valence-electron chi connectivity index (χ1n) is 3.30. The number of aromatic nitrogens is 3. The van der Waals surface area contributed by atoms with Crippen LogP contribution in [0.2, 0.25) is 0 Å². The van der Waals surface area contributed by atoms with Crippen molar-refractivity contribution in [3.8, 4) is 0 Å². The predicted octanol–water partition coefficient (Wildman–Crippen LogP) is 0.550. The monoisotopic (exact) mass is 148 g/mol. The van der Waals surface area contributed by atoms with Gasteiger partial charge in [0.25, 0.3) is 0 Å². The highest BCUT2D eigenvalue weighted by Crippen LogP contribution is 2.15. The van der Waals surface area contributed by atoms with Crippen LogP contribution in [0.4, 0.5) is 5.69 Å². The Hall–Kier alpha value is -1.58. The van der Waals surface area contributed by atoms with Gasteiger partial charge in [0.05, 0.1) is 12.0 Å². The Bertz CT molecular complexity index is 390. The number of anilines is 1. The lowest BCUT2D eigenvalue weighted by molar-refractivity contribution is 0.948. The van der Waals surface area contributed by atoms with Gasteiger partial charge in [0.15, 0.2) is 5.65 Å². The molecule has 0 amide bonds. The molecule has 0 unspecified atom stereocenters. The van der Waals surface area contributed by atoms with Gasteiger partial charge in [-0.15, -0.1) is 0 Å². The minimum absolute atomic E-state index is 0.701. The number of hydrogen-bond donors (Lipinski definition) is 1. The van der Waals surface area contributed by atoms with E-state index in [1.165, 1.54) is 0 Å². The minimum Gasteiger partial charge on any atom is -0.397 e. The number of aryl methyl sites for hydroxylation is 1. The largest absolute Gasteiger partial charge is 0.397 e. The van der Waals surface area contributed by atoms with Crippen molar-refractivity contribution in [1.82, 2.24) is 14.5 Å². The number of pyridine rings is 1. The molecule has 2 aromatic heterocycles. The number of rotatable bonds is 0. The molecule has 0 fully saturated rings. The highest BCUT2D eigenvalue weighted by Gasteiger charge is 2.02. The highest BCUT2D eigenvalue weighted by atomic mass is 15.1. The first-order valence-corrected chi connectivity index (χ1v) is 3.30. The summed E-state index contributed by atoms with van der Waals surface area (Å²) in [6, 6.07) is 1.77. The van der Waals surface area contributed by atoms with Crippen molar-refractivity contribution in [2.75, 3.05) is 5.73 Å². The number of imidazole rings is 1. The molecule has 0 aliphatic heterocycles. The fraction of sp³-hybridized carbons (Fsp3) is 0.143. The molecule has 0 atom stereocenters. The molecule has 0 saturated heterocycles. The lowest BCUT2D eigenvalue weighted by atomic mass is 10.4. The van der Waals surface area contributed by atoms with E-state index in [0.29, 0.717) is 5.65 Å². The van der Waals surface area contributed by atoms with Crippen LogP contribution in [-0.2, 0) is 7.05 Å². The van der Waals surface area contributed by atoms with Crippen molar-refractivity contribution in [2.24, 2.45) is 7.05 Å². The van der Waals surface area contributed by atoms with Crippen molar-refractivity contribution in [3.63, 3.8) is 0 Å². The van der Waals surface area contributed by atoms with Crippen LogP contribution in [0.3, 0.4) is 0 Å². The highest BCUT2D eigenvalue weighted by molar-refractivity contribution is 5.83. The van der Waals surface area contributed by atoms with E-state index in [4.69, 9.17) is 5.73 Å². The van der Waals surface area contributed by atoms with Crippen molar-refractivity contribution >= 4 is 16.9 Å². The van der Waals surface area contributed by atoms with Gasteiger partial charge in [-0.1, -0.05) is 0 Å². The lowest BCUT2D eigenvalue weighted by Crippen LogP contribution is -1.92. The first-order chi connectivity index (χ1) is 5.29. The van der Waals surface area contributed by atoms with Crippen molar-refractivity contribution in [2.45, 2.75) is 0 Å². The van der Waals surface area contributed by atoms with E-state index in [0.717, 1.165) is 11.2 Å². The average molecular weight is 148 g/mol. The third-order valence-corrected chi connectivity index (χ3v) is 1.64. The summed E-state index contributed by atoms with van der Waals surface area (Å²) in [7, 11) is 1.90. The first kappa shape index (κ1) is 6.15. The normalized spacial score (nSPS) is 10.6. The van der Waals surface area contributed by atoms with Crippen LogP contribution < -0.4 is 5.73 Å². The second-order valence-corrected chi connectivity index (χ2v) is 2.43. The zero-order chi connectivity index (χ0) is 7.84. The van der Waals surface area contributed by atoms with Gasteiger partial charge in [-0.3, -0.25) is 0 Å². The molecular weight excluding hydrogens is 140 g/mol. The summed E-state index contributed by atoms with van der Waals surface area (Å²) < 4.78 is 1.86. The zero-order valence-electron chi connectivity index (χ0n) is 6.15. The van der Waals surface area contributed by atoms with Crippen LogP contribution in [0.15, 0.2) is 18.6 Å². The number of fused-ring (bicyclic) bond motifs is 1. The quantitative estimate of drug-likeness (QED) is 0.593. The van der Waals surface area contributed by atoms with E-state index in [9.17, 15) is 0 Å². The Balaban J connectivity index is 2.96. The van der Waals surface area contributed by atoms with E-state index >= 15 is 0 Å². The average Bonchev–Trinajstić information content (AvgIpc) is 2.34. The van der Waals surface area contributed by atoms with E-state index in [-0.39, 0.29) is 0 Å². The Morgan fingerprint density at radius 3 is 3.00 bits per heavy atom. The Morgan fingerprint density at radius 1 is 1.45 bits per heavy atom. The minimum atomic E-state index is 0.701. The number of nitrogens with two attached hydrogens (primary N) is 1. The SMILES string of the molecule is Cn1cnc2nccc(N)c21. The molecule has 2 aromatic rings. The molecule has 0 radical (unpaired) electrons. The van der Waals surface area contributed by atoms with E-state index in [1.807, 2.05) is 11.6 Å². The summed E-state index contributed by atoms with van der Waals surface area (Å²) in [6.45, 7) is 0. The van der Waals surface area contributed by atoms with E-state index in [2.05, 4.69) is 9.97 Å². The summed E-state index contributed by atoms with van der Waals surface area (Å²) in [4.78, 5) is 8.10. The van der Waals surface area contributed by atoms with Gasteiger partial charge in [-0.2, -0.15) is 0 Å². The van der Waals surface area contributed by atoms with Crippen molar-refractivity contribution in [3.05, 3.63) is 18.6 Å². The van der Waals surface area contributed by atoms with E-state index in [1.54, 1.807) is 18.6 Å². The Morgan fingerprint density at radius 2 is 2.27 bits per heavy atom. The molecule has 4 nitrogen and oxygen atoms in total. The number of nitrogens with zero attached hydrogens (tertiary/aromatic N) is 3. The zero-order valence-corrected chi connectivity index (χ0v) is 6.15. The van der Waals surface area contributed by atoms with Gasteiger partial charge in [-0.05, 0) is 6.07 Å². The summed E-state index contributed by atoms with van der Waals surface area (Å²) in [5.41, 5.74) is 8.02. The standard InChI is InChI=1S/C7H8N4/c1-11-4-10-7-6(11)5(8)2-3-9-7/h2-4H,1H3,(H2,8,9). The van der Waals surface area contributed by atoms with Crippen LogP contribution in [-0.4, -0.2) is 14.5 Å². The Labute approximate surface area is 63.7 Å². The molecule has 4 heteroatoms. The van der Waals surface area contributed by atoms with Crippen molar-refractivity contribution < 1.29 is 0 Å². The van der Waals surface area contributed by atoms with Crippen LogP contribution in [0.1, 0.15) is 0 Å². The molecule has 0 bridgehead atoms. The fourth-order valence-electron chi connectivity index (χ4n) is 1.11. The summed E-state index contributed by atoms with van der Waals surface area (Å²) in [6.07, 6.45) is 3.36. The van der Waals surface area contributed by atoms with Crippen molar-refractivity contribution in [1.29, 1.82) is 0 Å².